The van der Waals surface area contributed by atoms with Gasteiger partial charge in [-0.1, -0.05) is 15.9 Å². The zero-order valence-corrected chi connectivity index (χ0v) is 9.68. The highest BCUT2D eigenvalue weighted by Gasteiger charge is 2.44. The normalized spacial score (nSPS) is 17.5. The van der Waals surface area contributed by atoms with Crippen molar-refractivity contribution >= 4 is 21.7 Å². The lowest BCUT2D eigenvalue weighted by Crippen LogP contribution is -2.34. The molecule has 1 saturated carbocycles. The first-order chi connectivity index (χ1) is 6.99. The van der Waals surface area contributed by atoms with Gasteiger partial charge in [-0.15, -0.1) is 0 Å². The van der Waals surface area contributed by atoms with Crippen LogP contribution in [0, 0.1) is 5.82 Å². The number of Topliss-reactive ketones (excluding diaryl/α,β-unsaturated/α-hetero) is 1. The van der Waals surface area contributed by atoms with E-state index in [0.717, 1.165) is 12.8 Å². The van der Waals surface area contributed by atoms with Crippen LogP contribution in [0.5, 0.6) is 0 Å². The highest BCUT2D eigenvalue weighted by Crippen LogP contribution is 2.34. The maximum absolute atomic E-state index is 13.0. The van der Waals surface area contributed by atoms with Gasteiger partial charge in [-0.3, -0.25) is 4.79 Å². The molecule has 0 bridgehead atoms. The van der Waals surface area contributed by atoms with Gasteiger partial charge >= 0.3 is 0 Å². The first-order valence-electron chi connectivity index (χ1n) is 4.77. The molecule has 2 rings (SSSR count). The van der Waals surface area contributed by atoms with Crippen molar-refractivity contribution in [2.75, 3.05) is 0 Å². The molecule has 0 radical (unpaired) electrons. The Bertz CT molecular complexity index is 395. The maximum atomic E-state index is 13.0. The molecule has 80 valence electrons. The largest absolute Gasteiger partial charge is 0.319 e. The summed E-state index contributed by atoms with van der Waals surface area (Å²) in [6, 6.07) is 4.48. The van der Waals surface area contributed by atoms with Crippen molar-refractivity contribution in [3.8, 4) is 0 Å². The molecule has 0 aromatic heterocycles. The lowest BCUT2D eigenvalue weighted by Gasteiger charge is -2.07. The number of rotatable bonds is 3. The van der Waals surface area contributed by atoms with Crippen molar-refractivity contribution in [2.45, 2.75) is 24.8 Å². The Morgan fingerprint density at radius 2 is 2.13 bits per heavy atom. The predicted octanol–water partition coefficient (Wildman–Crippen LogP) is 2.19. The van der Waals surface area contributed by atoms with Gasteiger partial charge in [0, 0.05) is 10.9 Å². The van der Waals surface area contributed by atoms with E-state index in [1.807, 2.05) is 0 Å². The SMILES string of the molecule is NC1(C(=O)Cc2cc(F)cc(Br)c2)CC1. The van der Waals surface area contributed by atoms with Crippen molar-refractivity contribution in [3.05, 3.63) is 34.1 Å². The number of ketones is 1. The second kappa shape index (κ2) is 3.68. The first kappa shape index (κ1) is 10.8. The van der Waals surface area contributed by atoms with E-state index in [4.69, 9.17) is 5.73 Å². The maximum Gasteiger partial charge on any atom is 0.156 e. The summed E-state index contributed by atoms with van der Waals surface area (Å²) >= 11 is 3.19. The topological polar surface area (TPSA) is 43.1 Å². The molecule has 0 aliphatic heterocycles. The summed E-state index contributed by atoms with van der Waals surface area (Å²) in [7, 11) is 0. The van der Waals surface area contributed by atoms with Crippen LogP contribution in [0.15, 0.2) is 22.7 Å². The van der Waals surface area contributed by atoms with Gasteiger partial charge in [0.05, 0.1) is 5.54 Å². The molecular formula is C11H11BrFNO. The molecule has 0 spiro atoms. The molecule has 0 saturated heterocycles. The monoisotopic (exact) mass is 271 g/mol. The average molecular weight is 272 g/mol. The Labute approximate surface area is 95.8 Å². The van der Waals surface area contributed by atoms with Crippen molar-refractivity contribution in [1.29, 1.82) is 0 Å². The fraction of sp³-hybridized carbons (Fsp3) is 0.364. The summed E-state index contributed by atoms with van der Waals surface area (Å²) in [6.07, 6.45) is 1.72. The minimum Gasteiger partial charge on any atom is -0.319 e. The van der Waals surface area contributed by atoms with Crippen LogP contribution < -0.4 is 5.73 Å². The minimum absolute atomic E-state index is 0.000000000000000666. The molecule has 15 heavy (non-hydrogen) atoms. The molecule has 1 fully saturated rings. The number of carbonyl (C=O) groups is 1. The van der Waals surface area contributed by atoms with E-state index >= 15 is 0 Å². The Morgan fingerprint density at radius 1 is 1.47 bits per heavy atom. The number of hydrogen-bond acceptors (Lipinski definition) is 2. The van der Waals surface area contributed by atoms with Gasteiger partial charge in [-0.05, 0) is 36.6 Å². The molecule has 1 aromatic carbocycles. The van der Waals surface area contributed by atoms with E-state index < -0.39 is 5.54 Å². The van der Waals surface area contributed by atoms with Gasteiger partial charge in [-0.25, -0.2) is 4.39 Å². The standard InChI is InChI=1S/C11H11BrFNO/c12-8-3-7(4-9(13)6-8)5-10(15)11(14)1-2-11/h3-4,6H,1-2,5,14H2. The molecular weight excluding hydrogens is 261 g/mol. The Morgan fingerprint density at radius 3 is 2.67 bits per heavy atom. The van der Waals surface area contributed by atoms with E-state index in [1.54, 1.807) is 6.07 Å². The van der Waals surface area contributed by atoms with Gasteiger partial charge in [0.25, 0.3) is 0 Å². The van der Waals surface area contributed by atoms with E-state index in [2.05, 4.69) is 15.9 Å². The van der Waals surface area contributed by atoms with E-state index in [0.29, 0.717) is 10.0 Å². The molecule has 1 aromatic rings. The summed E-state index contributed by atoms with van der Waals surface area (Å²) in [5, 5.41) is 0. The van der Waals surface area contributed by atoms with Crippen LogP contribution >= 0.6 is 15.9 Å². The van der Waals surface area contributed by atoms with E-state index in [1.165, 1.54) is 12.1 Å². The van der Waals surface area contributed by atoms with Crippen LogP contribution in [-0.2, 0) is 11.2 Å². The Hall–Kier alpha value is -0.740. The smallest absolute Gasteiger partial charge is 0.156 e. The minimum atomic E-state index is -0.626. The fourth-order valence-electron chi connectivity index (χ4n) is 1.49. The van der Waals surface area contributed by atoms with Gasteiger partial charge < -0.3 is 5.73 Å². The van der Waals surface area contributed by atoms with E-state index in [9.17, 15) is 9.18 Å². The van der Waals surface area contributed by atoms with Gasteiger partial charge in [0.15, 0.2) is 5.78 Å². The predicted molar refractivity (Wildman–Crippen MR) is 59.0 cm³/mol. The molecule has 0 unspecified atom stereocenters. The lowest BCUT2D eigenvalue weighted by atomic mass is 10.0. The highest BCUT2D eigenvalue weighted by molar-refractivity contribution is 9.10. The fourth-order valence-corrected chi connectivity index (χ4v) is 2.00. The van der Waals surface area contributed by atoms with Gasteiger partial charge in [0.1, 0.15) is 5.82 Å². The number of carbonyl (C=O) groups excluding carboxylic acids is 1. The van der Waals surface area contributed by atoms with Gasteiger partial charge in [0.2, 0.25) is 0 Å². The molecule has 1 aliphatic rings. The number of benzene rings is 1. The quantitative estimate of drug-likeness (QED) is 0.916. The molecule has 4 heteroatoms. The van der Waals surface area contributed by atoms with Crippen LogP contribution in [0.4, 0.5) is 4.39 Å². The van der Waals surface area contributed by atoms with Crippen LogP contribution in [0.25, 0.3) is 0 Å². The number of nitrogens with two attached hydrogens (primary N) is 1. The number of halogens is 2. The molecule has 2 N–H and O–H groups in total. The third kappa shape index (κ3) is 2.44. The lowest BCUT2D eigenvalue weighted by molar-refractivity contribution is -0.120. The van der Waals surface area contributed by atoms with Gasteiger partial charge in [-0.2, -0.15) is 0 Å². The second-order valence-corrected chi connectivity index (χ2v) is 4.95. The highest BCUT2D eigenvalue weighted by atomic mass is 79.9. The third-order valence-electron chi connectivity index (χ3n) is 2.63. The molecule has 2 nitrogen and oxygen atoms in total. The van der Waals surface area contributed by atoms with Crippen molar-refractivity contribution < 1.29 is 9.18 Å². The zero-order chi connectivity index (χ0) is 11.1. The van der Waals surface area contributed by atoms with E-state index in [-0.39, 0.29) is 18.0 Å². The van der Waals surface area contributed by atoms with Crippen LogP contribution in [0.1, 0.15) is 18.4 Å². The summed E-state index contributed by atoms with van der Waals surface area (Å²) in [4.78, 5) is 11.7. The average Bonchev–Trinajstić information content (AvgIpc) is 2.83. The zero-order valence-electron chi connectivity index (χ0n) is 8.09. The molecule has 0 atom stereocenters. The molecule has 1 aliphatic carbocycles. The Kier molecular flexibility index (Phi) is 2.64. The van der Waals surface area contributed by atoms with Crippen LogP contribution in [-0.4, -0.2) is 11.3 Å². The summed E-state index contributed by atoms with van der Waals surface area (Å²) in [6.45, 7) is 0. The van der Waals surface area contributed by atoms with Crippen LogP contribution in [0.2, 0.25) is 0 Å². The summed E-state index contributed by atoms with van der Waals surface area (Å²) in [5.74, 6) is -0.339. The van der Waals surface area contributed by atoms with Crippen molar-refractivity contribution in [1.82, 2.24) is 0 Å². The molecule has 0 amide bonds. The summed E-state index contributed by atoms with van der Waals surface area (Å²) in [5.41, 5.74) is 5.80. The second-order valence-electron chi connectivity index (χ2n) is 4.03. The van der Waals surface area contributed by atoms with Crippen LogP contribution in [0.3, 0.4) is 0 Å². The number of hydrogen-bond donors (Lipinski definition) is 1. The Balaban J connectivity index is 2.13. The van der Waals surface area contributed by atoms with Crippen molar-refractivity contribution in [2.24, 2.45) is 5.73 Å². The summed E-state index contributed by atoms with van der Waals surface area (Å²) < 4.78 is 13.7. The molecule has 0 heterocycles. The van der Waals surface area contributed by atoms with Crippen molar-refractivity contribution in [3.63, 3.8) is 0 Å². The third-order valence-corrected chi connectivity index (χ3v) is 3.09. The first-order valence-corrected chi connectivity index (χ1v) is 5.56.